The van der Waals surface area contributed by atoms with Gasteiger partial charge in [0.1, 0.15) is 11.2 Å². The van der Waals surface area contributed by atoms with E-state index in [0.29, 0.717) is 11.3 Å². The van der Waals surface area contributed by atoms with Crippen LogP contribution in [0.5, 0.6) is 0 Å². The van der Waals surface area contributed by atoms with Crippen molar-refractivity contribution in [1.29, 1.82) is 0 Å². The van der Waals surface area contributed by atoms with Crippen LogP contribution in [0.2, 0.25) is 0 Å². The fraction of sp³-hybridized carbons (Fsp3) is 0.0870. The summed E-state index contributed by atoms with van der Waals surface area (Å²) in [4.78, 5) is 29.7. The van der Waals surface area contributed by atoms with Crippen LogP contribution in [0.3, 0.4) is 0 Å². The van der Waals surface area contributed by atoms with Gasteiger partial charge in [-0.25, -0.2) is 4.98 Å². The normalized spacial score (nSPS) is 11.9. The van der Waals surface area contributed by atoms with E-state index in [4.69, 9.17) is 0 Å². The Bertz CT molecular complexity index is 1320. The summed E-state index contributed by atoms with van der Waals surface area (Å²) in [5, 5.41) is 2.84. The zero-order valence-electron chi connectivity index (χ0n) is 15.3. The van der Waals surface area contributed by atoms with E-state index >= 15 is 0 Å². The second-order valence-corrected chi connectivity index (χ2v) is 7.07. The molecule has 0 saturated carbocycles. The van der Waals surface area contributed by atoms with Crippen LogP contribution in [0.4, 0.5) is 5.69 Å². The van der Waals surface area contributed by atoms with Crippen molar-refractivity contribution in [1.82, 2.24) is 9.38 Å². The highest BCUT2D eigenvalue weighted by Crippen LogP contribution is 2.37. The summed E-state index contributed by atoms with van der Waals surface area (Å²) in [6.07, 6.45) is 3.87. The molecule has 1 amide bonds. The Kier molecular flexibility index (Phi) is 3.62. The predicted octanol–water partition coefficient (Wildman–Crippen LogP) is 3.83. The van der Waals surface area contributed by atoms with E-state index in [2.05, 4.69) is 22.4 Å². The highest BCUT2D eigenvalue weighted by atomic mass is 16.2. The number of pyridine rings is 1. The summed E-state index contributed by atoms with van der Waals surface area (Å²) < 4.78 is 1.41. The number of rotatable bonds is 2. The molecule has 0 bridgehead atoms. The molecule has 2 aromatic heterocycles. The van der Waals surface area contributed by atoms with Gasteiger partial charge in [0.15, 0.2) is 0 Å². The lowest BCUT2D eigenvalue weighted by atomic mass is 10.1. The van der Waals surface area contributed by atoms with Crippen molar-refractivity contribution in [2.24, 2.45) is 0 Å². The number of nitrogens with one attached hydrogen (secondary N) is 1. The summed E-state index contributed by atoms with van der Waals surface area (Å²) >= 11 is 0. The number of carbonyl (C=O) groups excluding carboxylic acids is 1. The minimum atomic E-state index is -0.455. The number of aromatic nitrogens is 2. The SMILES string of the molecule is Cc1ccc2ncc(C(=O)Nc3ccc4c(c3)Cc3ccccc3-4)c(=O)n2c1. The Balaban J connectivity index is 1.47. The van der Waals surface area contributed by atoms with E-state index in [1.807, 2.05) is 43.3 Å². The lowest BCUT2D eigenvalue weighted by Crippen LogP contribution is -2.26. The van der Waals surface area contributed by atoms with Gasteiger partial charge < -0.3 is 5.32 Å². The first-order chi connectivity index (χ1) is 13.6. The van der Waals surface area contributed by atoms with Crippen LogP contribution in [0.15, 0.2) is 71.8 Å². The van der Waals surface area contributed by atoms with E-state index in [1.54, 1.807) is 12.3 Å². The van der Waals surface area contributed by atoms with Crippen molar-refractivity contribution >= 4 is 17.2 Å². The monoisotopic (exact) mass is 367 g/mol. The Morgan fingerprint density at radius 3 is 2.75 bits per heavy atom. The molecular weight excluding hydrogens is 350 g/mol. The van der Waals surface area contributed by atoms with Crippen molar-refractivity contribution in [3.8, 4) is 11.1 Å². The van der Waals surface area contributed by atoms with Gasteiger partial charge in [-0.2, -0.15) is 0 Å². The Morgan fingerprint density at radius 1 is 1.04 bits per heavy atom. The third kappa shape index (κ3) is 2.60. The van der Waals surface area contributed by atoms with Crippen LogP contribution in [-0.2, 0) is 6.42 Å². The number of amides is 1. The molecule has 2 heterocycles. The fourth-order valence-electron chi connectivity index (χ4n) is 3.76. The molecule has 0 unspecified atom stereocenters. The van der Waals surface area contributed by atoms with E-state index in [9.17, 15) is 9.59 Å². The molecule has 0 aliphatic heterocycles. The van der Waals surface area contributed by atoms with Crippen molar-refractivity contribution in [3.05, 3.63) is 99.6 Å². The average molecular weight is 367 g/mol. The maximum atomic E-state index is 12.7. The number of carbonyl (C=O) groups is 1. The summed E-state index contributed by atoms with van der Waals surface area (Å²) in [6.45, 7) is 1.89. The van der Waals surface area contributed by atoms with Gasteiger partial charge in [0.25, 0.3) is 11.5 Å². The standard InChI is InChI=1S/C23H17N3O2/c1-14-6-9-21-24-12-20(23(28)26(21)13-14)22(27)25-17-7-8-19-16(11-17)10-15-4-2-3-5-18(15)19/h2-9,11-13H,10H2,1H3,(H,25,27). The average Bonchev–Trinajstić information content (AvgIpc) is 3.06. The summed E-state index contributed by atoms with van der Waals surface area (Å²) in [5.41, 5.74) is 6.64. The van der Waals surface area contributed by atoms with Gasteiger partial charge in [0.2, 0.25) is 0 Å². The molecule has 5 nitrogen and oxygen atoms in total. The molecular formula is C23H17N3O2. The molecule has 5 heteroatoms. The second kappa shape index (κ2) is 6.16. The number of aryl methyl sites for hydroxylation is 1. The van der Waals surface area contributed by atoms with Crippen molar-refractivity contribution in [2.45, 2.75) is 13.3 Å². The van der Waals surface area contributed by atoms with Crippen LogP contribution in [0.1, 0.15) is 27.0 Å². The number of hydrogen-bond acceptors (Lipinski definition) is 3. The molecule has 2 aromatic carbocycles. The molecule has 0 atom stereocenters. The van der Waals surface area contributed by atoms with E-state index in [-0.39, 0.29) is 11.1 Å². The first-order valence-electron chi connectivity index (χ1n) is 9.11. The van der Waals surface area contributed by atoms with Crippen LogP contribution in [0.25, 0.3) is 16.8 Å². The molecule has 1 N–H and O–H groups in total. The fourth-order valence-corrected chi connectivity index (χ4v) is 3.76. The molecule has 4 aromatic rings. The molecule has 1 aliphatic rings. The molecule has 5 rings (SSSR count). The Morgan fingerprint density at radius 2 is 1.86 bits per heavy atom. The van der Waals surface area contributed by atoms with Gasteiger partial charge in [-0.1, -0.05) is 36.4 Å². The summed E-state index contributed by atoms with van der Waals surface area (Å²) in [7, 11) is 0. The van der Waals surface area contributed by atoms with Crippen molar-refractivity contribution in [2.75, 3.05) is 5.32 Å². The van der Waals surface area contributed by atoms with E-state index in [1.165, 1.54) is 32.9 Å². The molecule has 0 fully saturated rings. The number of nitrogens with zero attached hydrogens (tertiary/aromatic N) is 2. The lowest BCUT2D eigenvalue weighted by Gasteiger charge is -2.08. The van der Waals surface area contributed by atoms with Gasteiger partial charge in [0.05, 0.1) is 0 Å². The molecule has 1 aliphatic carbocycles. The molecule has 0 radical (unpaired) electrons. The quantitative estimate of drug-likeness (QED) is 0.516. The zero-order valence-corrected chi connectivity index (χ0v) is 15.3. The highest BCUT2D eigenvalue weighted by Gasteiger charge is 2.19. The maximum Gasteiger partial charge on any atom is 0.270 e. The zero-order chi connectivity index (χ0) is 19.3. The van der Waals surface area contributed by atoms with Gasteiger partial charge in [0, 0.05) is 18.1 Å². The minimum absolute atomic E-state index is 0.0203. The molecule has 136 valence electrons. The smallest absolute Gasteiger partial charge is 0.270 e. The van der Waals surface area contributed by atoms with Gasteiger partial charge in [-0.05, 0) is 59.4 Å². The van der Waals surface area contributed by atoms with Gasteiger partial charge in [-0.3, -0.25) is 14.0 Å². The first-order valence-corrected chi connectivity index (χ1v) is 9.11. The third-order valence-electron chi connectivity index (χ3n) is 5.15. The van der Waals surface area contributed by atoms with Crippen LogP contribution in [-0.4, -0.2) is 15.3 Å². The summed E-state index contributed by atoms with van der Waals surface area (Å²) in [6, 6.07) is 17.8. The molecule has 0 saturated heterocycles. The predicted molar refractivity (Wildman–Crippen MR) is 109 cm³/mol. The summed E-state index contributed by atoms with van der Waals surface area (Å²) in [5.74, 6) is -0.455. The topological polar surface area (TPSA) is 63.5 Å². The van der Waals surface area contributed by atoms with E-state index in [0.717, 1.165) is 12.0 Å². The highest BCUT2D eigenvalue weighted by molar-refractivity contribution is 6.04. The van der Waals surface area contributed by atoms with Crippen molar-refractivity contribution in [3.63, 3.8) is 0 Å². The Hall–Kier alpha value is -3.73. The van der Waals surface area contributed by atoms with Gasteiger partial charge in [-0.15, -0.1) is 0 Å². The first kappa shape index (κ1) is 16.4. The second-order valence-electron chi connectivity index (χ2n) is 7.07. The van der Waals surface area contributed by atoms with Gasteiger partial charge >= 0.3 is 0 Å². The number of anilines is 1. The van der Waals surface area contributed by atoms with Crippen LogP contribution < -0.4 is 10.9 Å². The third-order valence-corrected chi connectivity index (χ3v) is 5.15. The minimum Gasteiger partial charge on any atom is -0.322 e. The van der Waals surface area contributed by atoms with Crippen molar-refractivity contribution < 1.29 is 4.79 Å². The lowest BCUT2D eigenvalue weighted by molar-refractivity contribution is 0.102. The molecule has 0 spiro atoms. The van der Waals surface area contributed by atoms with Crippen LogP contribution in [0, 0.1) is 6.92 Å². The number of fused-ring (bicyclic) bond motifs is 4. The van der Waals surface area contributed by atoms with Crippen LogP contribution >= 0.6 is 0 Å². The maximum absolute atomic E-state index is 12.7. The van der Waals surface area contributed by atoms with E-state index < -0.39 is 5.91 Å². The molecule has 28 heavy (non-hydrogen) atoms. The largest absolute Gasteiger partial charge is 0.322 e. The Labute approximate surface area is 161 Å². The number of hydrogen-bond donors (Lipinski definition) is 1. The number of benzene rings is 2.